The molecule has 17 aliphatic rings. The highest BCUT2D eigenvalue weighted by atomic mass is 16.6. The summed E-state index contributed by atoms with van der Waals surface area (Å²) in [5.41, 5.74) is 5.09. The van der Waals surface area contributed by atoms with Crippen LogP contribution >= 0.6 is 0 Å². The summed E-state index contributed by atoms with van der Waals surface area (Å²) in [5.74, 6) is 3.53. The number of ether oxygens (including phenoxy) is 12. The van der Waals surface area contributed by atoms with Gasteiger partial charge in [0.25, 0.3) is 0 Å². The van der Waals surface area contributed by atoms with Gasteiger partial charge in [0.2, 0.25) is 0 Å². The molecule has 0 heterocycles. The Morgan fingerprint density at radius 3 is 0.568 bits per heavy atom. The minimum atomic E-state index is -1.05. The number of esters is 4. The van der Waals surface area contributed by atoms with E-state index in [0.29, 0.717) is 114 Å². The van der Waals surface area contributed by atoms with Gasteiger partial charge < -0.3 is 77.3 Å². The van der Waals surface area contributed by atoms with Crippen LogP contribution in [-0.2, 0) is 37.9 Å². The van der Waals surface area contributed by atoms with Crippen LogP contribution in [0.4, 0.5) is 0 Å². The van der Waals surface area contributed by atoms with Gasteiger partial charge in [-0.25, -0.2) is 19.2 Å². The van der Waals surface area contributed by atoms with E-state index in [0.717, 1.165) is 47.3 Å². The number of fused-ring (bicyclic) bond motifs is 8. The largest absolute Gasteiger partial charge is 0.507 e. The summed E-state index contributed by atoms with van der Waals surface area (Å²) in [5, 5.41) is 53.1. The smallest absolute Gasteiger partial charge is 0.338 e. The van der Waals surface area contributed by atoms with E-state index in [1.54, 1.807) is 48.5 Å². The minimum absolute atomic E-state index is 0.0526. The molecule has 0 spiro atoms. The second kappa shape index (κ2) is 35.3. The highest BCUT2D eigenvalue weighted by Gasteiger charge is 2.60. The number of benzene rings is 8. The molecule has 20 heteroatoms. The zero-order valence-corrected chi connectivity index (χ0v) is 77.5. The summed E-state index contributed by atoms with van der Waals surface area (Å²) in [6.07, 6.45) is 24.2. The minimum Gasteiger partial charge on any atom is -0.507 e. The van der Waals surface area contributed by atoms with E-state index in [9.17, 15) is 39.6 Å². The Labute approximate surface area is 774 Å². The molecule has 4 unspecified atom stereocenters. The predicted molar refractivity (Wildman–Crippen MR) is 495 cm³/mol. The topological polar surface area (TPSA) is 260 Å². The first-order valence-electron chi connectivity index (χ1n) is 49.1. The van der Waals surface area contributed by atoms with Crippen molar-refractivity contribution in [2.24, 2.45) is 94.7 Å². The van der Waals surface area contributed by atoms with Crippen LogP contribution in [-0.4, -0.2) is 148 Å². The molecule has 0 aromatic heterocycles. The average molecular weight is 1790 g/mol. The second-order valence-electron chi connectivity index (χ2n) is 42.7. The number of phenolic OH excluding ortho intramolecular Hbond substituents is 4. The van der Waals surface area contributed by atoms with Crippen molar-refractivity contribution in [3.63, 3.8) is 0 Å². The van der Waals surface area contributed by atoms with Crippen molar-refractivity contribution >= 4 is 23.9 Å². The van der Waals surface area contributed by atoms with Crippen molar-refractivity contribution in [2.45, 2.75) is 202 Å². The van der Waals surface area contributed by atoms with Crippen molar-refractivity contribution in [3.8, 4) is 46.0 Å². The molecule has 4 atom stereocenters. The molecule has 0 amide bonds. The first-order valence-corrected chi connectivity index (χ1v) is 49.1. The molecule has 17 aliphatic carbocycles. The predicted octanol–water partition coefficient (Wildman–Crippen LogP) is 21.1. The number of hydrogen-bond acceptors (Lipinski definition) is 20. The monoisotopic (exact) mass is 1790 g/mol. The van der Waals surface area contributed by atoms with E-state index in [-0.39, 0.29) is 144 Å². The number of phenols is 4. The summed E-state index contributed by atoms with van der Waals surface area (Å²) in [7, 11) is 5.99. The average Bonchev–Trinajstić information content (AvgIpc) is 0.745. The molecule has 0 radical (unpaired) electrons. The van der Waals surface area contributed by atoms with Crippen LogP contribution in [0, 0.1) is 94.7 Å². The van der Waals surface area contributed by atoms with Crippen LogP contribution in [0.1, 0.15) is 288 Å². The third-order valence-electron chi connectivity index (χ3n) is 35.9. The van der Waals surface area contributed by atoms with Crippen LogP contribution in [0.15, 0.2) is 146 Å². The zero-order valence-electron chi connectivity index (χ0n) is 77.5. The maximum absolute atomic E-state index is 14.4. The van der Waals surface area contributed by atoms with Crippen LogP contribution < -0.4 is 18.9 Å². The fraction of sp³-hybridized carbons (Fsp3) is 0.536. The van der Waals surface area contributed by atoms with Crippen LogP contribution in [0.2, 0.25) is 0 Å². The Bertz CT molecular complexity index is 4870. The standard InChI is InChI=1S/C112H128O20/c1-109(77-37-61-33-62(39-77)40-78(109)38-61)129-29-25-125-105(117)73-17-9-69(10-18-73)101-85-53-90(98(122-6)57-93(85)113)103(71-13-21-75(22-14-71)107(119)127-27-31-131-111(3)81-45-65-35-66(47-81)48-82(111)46-65)87-55-92(100(124-8)59-95(87)115)104(72-15-23-76(24-16-72)108(120)128-28-32-132-112(4)83-49-67-36-68(51-83)52-84(112)50-67)88-56-91(99(123-7)60-96(88)116)102(86-54-89(101)97(121-5)58-94(86)114)70-11-19-74(20-12-70)106(118)126-26-30-130-110(2)79-41-63-34-64(43-79)44-80(110)42-63/h9-24,53-68,77-84,101-104,113-116H,25-52H2,1-8H3. The van der Waals surface area contributed by atoms with E-state index >= 15 is 0 Å². The first-order chi connectivity index (χ1) is 63.8. The van der Waals surface area contributed by atoms with Gasteiger partial charge in [0, 0.05) is 92.4 Å². The summed E-state index contributed by atoms with van der Waals surface area (Å²) in [6.45, 7) is 10.3. The fourth-order valence-corrected chi connectivity index (χ4v) is 29.6. The fourth-order valence-electron chi connectivity index (χ4n) is 29.6. The van der Waals surface area contributed by atoms with Gasteiger partial charge in [-0.1, -0.05) is 48.5 Å². The Morgan fingerprint density at radius 1 is 0.242 bits per heavy atom. The van der Waals surface area contributed by atoms with Crippen molar-refractivity contribution in [1.29, 1.82) is 0 Å². The molecule has 0 saturated heterocycles. The maximum Gasteiger partial charge on any atom is 0.338 e. The van der Waals surface area contributed by atoms with Crippen LogP contribution in [0.3, 0.4) is 0 Å². The van der Waals surface area contributed by atoms with Gasteiger partial charge in [-0.05, 0) is 346 Å². The van der Waals surface area contributed by atoms with Gasteiger partial charge in [0.05, 0.1) is 99.5 Å². The number of methoxy groups -OCH3 is 4. The van der Waals surface area contributed by atoms with Gasteiger partial charge in [-0.2, -0.15) is 0 Å². The van der Waals surface area contributed by atoms with Gasteiger partial charge in [-0.15, -0.1) is 0 Å². The van der Waals surface area contributed by atoms with E-state index < -0.39 is 47.5 Å². The Hall–Kier alpha value is -10.1. The molecule has 8 aromatic carbocycles. The SMILES string of the molecule is COc1cc(O)c2cc1C(c1ccc(C(=O)OCCOC3(C)C4CC5CC(C4)CC3C5)cc1)c1cc(c(OC)cc1O)C(c1ccc(C(=O)OCCOC3(C)C4CC5CC(C4)CC3C5)cc1)c1cc(c(OC)cc1O)C(c1ccc(C(=O)OCCOC3(C)C4CC5CC(C4)CC3C5)cc1)c1cc(c(OC)cc1O)C2c1ccc(C(=O)OCCOC2(C)C3CC4CC(C3)CC2C4)cc1. The summed E-state index contributed by atoms with van der Waals surface area (Å²) >= 11 is 0. The normalized spacial score (nSPS) is 33.0. The third-order valence-corrected chi connectivity index (χ3v) is 35.9. The third kappa shape index (κ3) is 16.0. The molecule has 16 fully saturated rings. The summed E-state index contributed by atoms with van der Waals surface area (Å²) < 4.78 is 77.0. The highest BCUT2D eigenvalue weighted by molar-refractivity contribution is 5.91. The second-order valence-corrected chi connectivity index (χ2v) is 42.7. The lowest BCUT2D eigenvalue weighted by atomic mass is 9.50. The number of carbonyl (C=O) groups is 4. The molecule has 25 rings (SSSR count). The Morgan fingerprint density at radius 2 is 0.409 bits per heavy atom. The number of rotatable bonds is 28. The van der Waals surface area contributed by atoms with E-state index in [4.69, 9.17) is 56.8 Å². The molecule has 8 aromatic rings. The molecule has 0 aliphatic heterocycles. The maximum atomic E-state index is 14.4. The number of carbonyl (C=O) groups excluding carboxylic acids is 4. The van der Waals surface area contributed by atoms with Gasteiger partial charge in [-0.3, -0.25) is 0 Å². The molecule has 132 heavy (non-hydrogen) atoms. The van der Waals surface area contributed by atoms with Gasteiger partial charge >= 0.3 is 23.9 Å². The summed E-state index contributed by atoms with van der Waals surface area (Å²) in [6, 6.07) is 41.4. The van der Waals surface area contributed by atoms with E-state index in [1.165, 1.54) is 181 Å². The van der Waals surface area contributed by atoms with E-state index in [2.05, 4.69) is 27.7 Å². The quantitative estimate of drug-likeness (QED) is 0.0202. The molecule has 24 bridgehead atoms. The molecule has 16 saturated carbocycles. The highest BCUT2D eigenvalue weighted by Crippen LogP contribution is 2.65. The van der Waals surface area contributed by atoms with Gasteiger partial charge in [0.15, 0.2) is 0 Å². The van der Waals surface area contributed by atoms with Crippen molar-refractivity contribution in [1.82, 2.24) is 0 Å². The van der Waals surface area contributed by atoms with E-state index in [1.807, 2.05) is 72.8 Å². The van der Waals surface area contributed by atoms with Crippen molar-refractivity contribution in [3.05, 3.63) is 235 Å². The Kier molecular flexibility index (Phi) is 23.7. The molecule has 696 valence electrons. The van der Waals surface area contributed by atoms with Crippen LogP contribution in [0.5, 0.6) is 46.0 Å². The van der Waals surface area contributed by atoms with Crippen molar-refractivity contribution in [2.75, 3.05) is 81.3 Å². The Balaban J connectivity index is 0.677. The first kappa shape index (κ1) is 88.5. The van der Waals surface area contributed by atoms with Gasteiger partial charge in [0.1, 0.15) is 72.4 Å². The number of hydrogen-bond donors (Lipinski definition) is 4. The molecule has 4 N–H and O–H groups in total. The lowest BCUT2D eigenvalue weighted by Crippen LogP contribution is -2.57. The zero-order chi connectivity index (χ0) is 91.0. The molecular formula is C112H128O20. The lowest BCUT2D eigenvalue weighted by molar-refractivity contribution is -0.197. The molecular weight excluding hydrogens is 1670 g/mol. The lowest BCUT2D eigenvalue weighted by Gasteiger charge is -2.59. The summed E-state index contributed by atoms with van der Waals surface area (Å²) in [4.78, 5) is 57.8. The van der Waals surface area contributed by atoms with Crippen LogP contribution in [0.25, 0.3) is 0 Å². The van der Waals surface area contributed by atoms with Crippen molar-refractivity contribution < 1.29 is 96.4 Å². The number of aromatic hydroxyl groups is 4. The molecule has 20 nitrogen and oxygen atoms in total.